The molecule has 3 heterocycles. The predicted octanol–water partition coefficient (Wildman–Crippen LogP) is 13.9. The van der Waals surface area contributed by atoms with Crippen molar-refractivity contribution in [2.45, 2.75) is 0 Å². The number of thiophene rings is 1. The Kier molecular flexibility index (Phi) is 10.00. The number of furan rings is 1. The summed E-state index contributed by atoms with van der Waals surface area (Å²) in [6, 6.07) is 89.1. The lowest BCUT2D eigenvalue weighted by atomic mass is 10.0. The van der Waals surface area contributed by atoms with Gasteiger partial charge in [0.1, 0.15) is 11.2 Å². The molecule has 0 saturated heterocycles. The molecule has 0 saturated carbocycles. The van der Waals surface area contributed by atoms with Gasteiger partial charge in [-0.3, -0.25) is 0 Å². The minimum Gasteiger partial charge on any atom is -0.456 e. The lowest BCUT2D eigenvalue weighted by Gasteiger charge is -2.34. The summed E-state index contributed by atoms with van der Waals surface area (Å²) in [6.45, 7) is 0. The number of fused-ring (bicyclic) bond motifs is 6. The van der Waals surface area contributed by atoms with E-state index in [4.69, 9.17) is 19.4 Å². The summed E-state index contributed by atoms with van der Waals surface area (Å²) in [7, 11) is -2.84. The predicted molar refractivity (Wildman–Crippen MR) is 291 cm³/mol. The van der Waals surface area contributed by atoms with E-state index >= 15 is 0 Å². The summed E-state index contributed by atoms with van der Waals surface area (Å²) in [5.74, 6) is 1.77. The Labute approximate surface area is 404 Å². The Morgan fingerprint density at radius 3 is 1.41 bits per heavy atom. The normalized spacial score (nSPS) is 11.8. The van der Waals surface area contributed by atoms with Gasteiger partial charge in [-0.25, -0.2) is 15.0 Å². The molecule has 69 heavy (non-hydrogen) atoms. The first-order valence-electron chi connectivity index (χ1n) is 23.2. The summed E-state index contributed by atoms with van der Waals surface area (Å²) in [4.78, 5) is 15.9. The van der Waals surface area contributed by atoms with Crippen LogP contribution in [0.3, 0.4) is 0 Å². The zero-order chi connectivity index (χ0) is 45.7. The van der Waals surface area contributed by atoms with E-state index in [0.29, 0.717) is 17.5 Å². The quantitative estimate of drug-likeness (QED) is 0.107. The Morgan fingerprint density at radius 1 is 0.275 bits per heavy atom. The number of hydrogen-bond donors (Lipinski definition) is 0. The number of rotatable bonds is 9. The molecule has 0 unspecified atom stereocenters. The van der Waals surface area contributed by atoms with E-state index in [1.165, 1.54) is 46.5 Å². The van der Waals surface area contributed by atoms with E-state index in [9.17, 15) is 0 Å². The Morgan fingerprint density at radius 2 is 0.739 bits per heavy atom. The van der Waals surface area contributed by atoms with Gasteiger partial charge < -0.3 is 4.42 Å². The van der Waals surface area contributed by atoms with Gasteiger partial charge in [-0.15, -0.1) is 11.3 Å². The maximum absolute atomic E-state index is 6.63. The van der Waals surface area contributed by atoms with E-state index in [0.717, 1.165) is 55.3 Å². The van der Waals surface area contributed by atoms with Crippen molar-refractivity contribution in [3.05, 3.63) is 249 Å². The molecule has 0 aliphatic carbocycles. The Hall–Kier alpha value is -8.55. The molecular weight excluding hydrogens is 875 g/mol. The van der Waals surface area contributed by atoms with E-state index in [-0.39, 0.29) is 0 Å². The van der Waals surface area contributed by atoms with E-state index in [2.05, 4.69) is 243 Å². The first kappa shape index (κ1) is 40.7. The number of nitrogens with zero attached hydrogens (tertiary/aromatic N) is 3. The van der Waals surface area contributed by atoms with Crippen LogP contribution in [0.1, 0.15) is 0 Å². The van der Waals surface area contributed by atoms with Crippen LogP contribution in [-0.4, -0.2) is 23.0 Å². The van der Waals surface area contributed by atoms with Crippen LogP contribution in [0.2, 0.25) is 0 Å². The smallest absolute Gasteiger partial charge is 0.179 e. The minimum atomic E-state index is -2.84. The van der Waals surface area contributed by atoms with Crippen molar-refractivity contribution < 1.29 is 4.42 Å². The molecule has 0 spiro atoms. The maximum atomic E-state index is 6.63. The zero-order valence-electron chi connectivity index (χ0n) is 37.3. The summed E-state index contributed by atoms with van der Waals surface area (Å²) >= 11 is 1.84. The third-order valence-electron chi connectivity index (χ3n) is 13.5. The summed E-state index contributed by atoms with van der Waals surface area (Å²) in [5, 5.41) is 9.84. The molecule has 0 radical (unpaired) electrons. The van der Waals surface area contributed by atoms with Crippen molar-refractivity contribution in [1.29, 1.82) is 0 Å². The SMILES string of the molecule is c1ccc(-c2cccc(-c3nc(-c4cccc([Si](c5ccccc5)(c5ccccc5)c5ccccc5)c4)nc(-c4ccc5c(c4)oc4ccc(-c6ccc7sc8ccccc8c7c6)cc45)n3)c2)cc1. The first-order valence-corrected chi connectivity index (χ1v) is 26.1. The molecule has 13 aromatic rings. The average molecular weight is 916 g/mol. The maximum Gasteiger partial charge on any atom is 0.179 e. The number of benzene rings is 10. The number of hydrogen-bond acceptors (Lipinski definition) is 5. The van der Waals surface area contributed by atoms with Gasteiger partial charge in [-0.1, -0.05) is 200 Å². The van der Waals surface area contributed by atoms with E-state index in [1.54, 1.807) is 0 Å². The van der Waals surface area contributed by atoms with Crippen molar-refractivity contribution in [3.8, 4) is 56.4 Å². The molecule has 0 fully saturated rings. The molecule has 0 bridgehead atoms. The van der Waals surface area contributed by atoms with Crippen molar-refractivity contribution in [2.24, 2.45) is 0 Å². The molecule has 6 heteroatoms. The molecule has 0 atom stereocenters. The van der Waals surface area contributed by atoms with Gasteiger partial charge in [0.05, 0.1) is 0 Å². The molecular formula is C63H41N3OSSi. The lowest BCUT2D eigenvalue weighted by molar-refractivity contribution is 0.669. The molecule has 3 aromatic heterocycles. The average Bonchev–Trinajstić information content (AvgIpc) is 3.99. The zero-order valence-corrected chi connectivity index (χ0v) is 39.1. The van der Waals surface area contributed by atoms with Crippen LogP contribution in [0.5, 0.6) is 0 Å². The standard InChI is InChI=1S/C63H41N3OSSi/c1-5-17-42(18-6-1)43-19-15-20-46(37-43)61-64-62(47-21-16-28-52(38-47)69(49-22-7-2-8-23-49,50-24-9-3-10-25-50)51-26-11-4-12-27-51)66-63(65-61)48-31-34-53-55-39-44(32-35-57(55)67-58(53)41-48)45-33-36-60-56(40-45)54-29-13-14-30-59(54)68-60/h1-41H. The van der Waals surface area contributed by atoms with Gasteiger partial charge >= 0.3 is 0 Å². The lowest BCUT2D eigenvalue weighted by Crippen LogP contribution is -2.74. The fourth-order valence-electron chi connectivity index (χ4n) is 10.2. The van der Waals surface area contributed by atoms with Gasteiger partial charge in [0.15, 0.2) is 25.5 Å². The fourth-order valence-corrected chi connectivity index (χ4v) is 16.1. The van der Waals surface area contributed by atoms with Crippen LogP contribution in [0, 0.1) is 0 Å². The fraction of sp³-hybridized carbons (Fsp3) is 0. The van der Waals surface area contributed by atoms with Crippen molar-refractivity contribution in [1.82, 2.24) is 15.0 Å². The van der Waals surface area contributed by atoms with Crippen LogP contribution in [-0.2, 0) is 0 Å². The number of aromatic nitrogens is 3. The van der Waals surface area contributed by atoms with E-state index < -0.39 is 8.07 Å². The Bertz CT molecular complexity index is 3920. The molecule has 324 valence electrons. The summed E-state index contributed by atoms with van der Waals surface area (Å²) in [5.41, 5.74) is 8.84. The van der Waals surface area contributed by atoms with Crippen LogP contribution >= 0.6 is 11.3 Å². The Balaban J connectivity index is 0.964. The highest BCUT2D eigenvalue weighted by molar-refractivity contribution is 7.25. The monoisotopic (exact) mass is 915 g/mol. The van der Waals surface area contributed by atoms with Crippen LogP contribution < -0.4 is 20.7 Å². The minimum absolute atomic E-state index is 0.572. The first-order chi connectivity index (χ1) is 34.2. The van der Waals surface area contributed by atoms with Crippen molar-refractivity contribution in [3.63, 3.8) is 0 Å². The van der Waals surface area contributed by atoms with Crippen LogP contribution in [0.15, 0.2) is 253 Å². The third kappa shape index (κ3) is 7.17. The summed E-state index contributed by atoms with van der Waals surface area (Å²) < 4.78 is 9.23. The molecule has 0 amide bonds. The highest BCUT2D eigenvalue weighted by Crippen LogP contribution is 2.39. The van der Waals surface area contributed by atoms with E-state index in [1.807, 2.05) is 17.4 Å². The topological polar surface area (TPSA) is 51.8 Å². The molecule has 0 N–H and O–H groups in total. The molecule has 0 aliphatic rings. The van der Waals surface area contributed by atoms with Crippen molar-refractivity contribution in [2.75, 3.05) is 0 Å². The molecule has 13 rings (SSSR count). The second-order valence-corrected chi connectivity index (χ2v) is 22.4. The highest BCUT2D eigenvalue weighted by atomic mass is 32.1. The highest BCUT2D eigenvalue weighted by Gasteiger charge is 2.41. The van der Waals surface area contributed by atoms with Gasteiger partial charge in [0.2, 0.25) is 0 Å². The van der Waals surface area contributed by atoms with Crippen molar-refractivity contribution >= 4 is 82.3 Å². The van der Waals surface area contributed by atoms with Gasteiger partial charge in [0, 0.05) is 47.6 Å². The molecule has 0 aliphatic heterocycles. The van der Waals surface area contributed by atoms with Crippen LogP contribution in [0.25, 0.3) is 98.5 Å². The second-order valence-electron chi connectivity index (χ2n) is 17.5. The molecule has 10 aromatic carbocycles. The third-order valence-corrected chi connectivity index (χ3v) is 19.4. The van der Waals surface area contributed by atoms with Crippen LogP contribution in [0.4, 0.5) is 0 Å². The van der Waals surface area contributed by atoms with Gasteiger partial charge in [-0.05, 0) is 91.5 Å². The van der Waals surface area contributed by atoms with Gasteiger partial charge in [0.25, 0.3) is 0 Å². The van der Waals surface area contributed by atoms with Gasteiger partial charge in [-0.2, -0.15) is 0 Å². The summed E-state index contributed by atoms with van der Waals surface area (Å²) in [6.07, 6.45) is 0. The molecule has 4 nitrogen and oxygen atoms in total. The largest absolute Gasteiger partial charge is 0.456 e. The second kappa shape index (κ2) is 17.0.